The van der Waals surface area contributed by atoms with Crippen molar-refractivity contribution < 1.29 is 43.4 Å². The molecular formula is C34H45N7O9. The highest BCUT2D eigenvalue weighted by Gasteiger charge is 2.34. The van der Waals surface area contributed by atoms with Crippen LogP contribution in [0.15, 0.2) is 48.5 Å². The Labute approximate surface area is 289 Å². The van der Waals surface area contributed by atoms with Crippen molar-refractivity contribution in [2.24, 2.45) is 11.7 Å². The summed E-state index contributed by atoms with van der Waals surface area (Å²) in [4.78, 5) is 89.4. The van der Waals surface area contributed by atoms with Gasteiger partial charge < -0.3 is 47.1 Å². The normalized spacial score (nSPS) is 15.6. The molecule has 7 amide bonds. The molecule has 3 rings (SSSR count). The van der Waals surface area contributed by atoms with Gasteiger partial charge in [-0.25, -0.2) is 4.79 Å². The van der Waals surface area contributed by atoms with Crippen molar-refractivity contribution >= 4 is 52.9 Å². The van der Waals surface area contributed by atoms with Crippen LogP contribution in [0.25, 0.3) is 0 Å². The Morgan fingerprint density at radius 1 is 0.940 bits per heavy atom. The van der Waals surface area contributed by atoms with Crippen LogP contribution in [0.5, 0.6) is 5.75 Å². The first kappa shape index (κ1) is 38.8. The number of ether oxygens (including phenoxy) is 1. The lowest BCUT2D eigenvalue weighted by Crippen LogP contribution is -2.57. The molecule has 0 aliphatic carbocycles. The molecule has 3 atom stereocenters. The van der Waals surface area contributed by atoms with Gasteiger partial charge in [-0.05, 0) is 61.4 Å². The predicted molar refractivity (Wildman–Crippen MR) is 183 cm³/mol. The maximum absolute atomic E-state index is 13.4. The summed E-state index contributed by atoms with van der Waals surface area (Å²) in [5.74, 6) is -4.33. The molecule has 8 N–H and O–H groups in total. The van der Waals surface area contributed by atoms with Crippen LogP contribution in [0.4, 0.5) is 16.2 Å². The van der Waals surface area contributed by atoms with Gasteiger partial charge in [-0.3, -0.25) is 28.8 Å². The summed E-state index contributed by atoms with van der Waals surface area (Å²) < 4.78 is 5.23. The number of rotatable bonds is 16. The lowest BCUT2D eigenvalue weighted by atomic mass is 10.0. The van der Waals surface area contributed by atoms with Gasteiger partial charge in [0.05, 0.1) is 32.2 Å². The molecule has 1 heterocycles. The number of carboxylic acid groups (broad SMARTS) is 1. The number of para-hydroxylation sites is 2. The van der Waals surface area contributed by atoms with Crippen molar-refractivity contribution in [1.82, 2.24) is 20.9 Å². The maximum Gasteiger partial charge on any atom is 0.323 e. The number of primary amides is 1. The van der Waals surface area contributed by atoms with E-state index in [0.29, 0.717) is 35.5 Å². The quantitative estimate of drug-likeness (QED) is 0.134. The highest BCUT2D eigenvalue weighted by molar-refractivity contribution is 6.01. The average molecular weight is 696 g/mol. The van der Waals surface area contributed by atoms with E-state index in [9.17, 15) is 38.7 Å². The fourth-order valence-electron chi connectivity index (χ4n) is 5.38. The molecule has 2 aromatic rings. The van der Waals surface area contributed by atoms with E-state index in [-0.39, 0.29) is 38.3 Å². The number of aliphatic carboxylic acids is 1. The van der Waals surface area contributed by atoms with Crippen LogP contribution < -0.4 is 37.1 Å². The lowest BCUT2D eigenvalue weighted by molar-refractivity contribution is -0.142. The van der Waals surface area contributed by atoms with E-state index in [1.807, 2.05) is 13.8 Å². The van der Waals surface area contributed by atoms with Crippen LogP contribution >= 0.6 is 0 Å². The first-order chi connectivity index (χ1) is 23.7. The fraction of sp³-hybridized carbons (Fsp3) is 0.441. The van der Waals surface area contributed by atoms with E-state index < -0.39 is 66.1 Å². The molecule has 0 spiro atoms. The fourth-order valence-corrected chi connectivity index (χ4v) is 5.38. The Bertz CT molecular complexity index is 1550. The van der Waals surface area contributed by atoms with E-state index >= 15 is 0 Å². The Morgan fingerprint density at radius 3 is 2.28 bits per heavy atom. The molecule has 0 saturated carbocycles. The largest absolute Gasteiger partial charge is 0.495 e. The average Bonchev–Trinajstić information content (AvgIpc) is 3.21. The van der Waals surface area contributed by atoms with Crippen LogP contribution in [-0.4, -0.2) is 89.9 Å². The molecule has 1 saturated heterocycles. The summed E-state index contributed by atoms with van der Waals surface area (Å²) in [6.45, 7) is 3.63. The SMILES string of the molecule is COc1ccccc1NC(=O)Nc1ccc(CC(=O)N[C@@H](CC(C)C)C(=O)N[C@@H](CC(=O)O)C(=O)NC2CCCCN(CC(N)=O)C2=O)cc1. The van der Waals surface area contributed by atoms with Crippen LogP contribution in [0.1, 0.15) is 51.5 Å². The van der Waals surface area contributed by atoms with E-state index in [0.717, 1.165) is 0 Å². The molecule has 0 aromatic heterocycles. The summed E-state index contributed by atoms with van der Waals surface area (Å²) in [5.41, 5.74) is 6.79. The van der Waals surface area contributed by atoms with Gasteiger partial charge in [0.1, 0.15) is 23.9 Å². The van der Waals surface area contributed by atoms with E-state index in [4.69, 9.17) is 10.5 Å². The summed E-state index contributed by atoms with van der Waals surface area (Å²) in [5, 5.41) is 22.5. The Balaban J connectivity index is 1.62. The highest BCUT2D eigenvalue weighted by atomic mass is 16.5. The van der Waals surface area contributed by atoms with Gasteiger partial charge in [-0.1, -0.05) is 38.1 Å². The van der Waals surface area contributed by atoms with Gasteiger partial charge >= 0.3 is 12.0 Å². The van der Waals surface area contributed by atoms with Crippen molar-refractivity contribution in [3.63, 3.8) is 0 Å². The van der Waals surface area contributed by atoms with E-state index in [2.05, 4.69) is 26.6 Å². The van der Waals surface area contributed by atoms with E-state index in [1.54, 1.807) is 48.5 Å². The molecule has 270 valence electrons. The maximum atomic E-state index is 13.4. The van der Waals surface area contributed by atoms with Gasteiger partial charge in [0, 0.05) is 12.2 Å². The topological polar surface area (TPSA) is 238 Å². The number of anilines is 2. The van der Waals surface area contributed by atoms with Crippen molar-refractivity contribution in [2.45, 2.75) is 70.5 Å². The van der Waals surface area contributed by atoms with Crippen LogP contribution in [0.2, 0.25) is 0 Å². The van der Waals surface area contributed by atoms with Gasteiger partial charge in [0.2, 0.25) is 29.5 Å². The zero-order valence-electron chi connectivity index (χ0n) is 28.3. The molecule has 1 aliphatic rings. The van der Waals surface area contributed by atoms with Gasteiger partial charge in [0.15, 0.2) is 0 Å². The van der Waals surface area contributed by atoms with Gasteiger partial charge in [-0.15, -0.1) is 0 Å². The third-order valence-electron chi connectivity index (χ3n) is 7.75. The number of carboxylic acids is 1. The Morgan fingerprint density at radius 2 is 1.64 bits per heavy atom. The summed E-state index contributed by atoms with van der Waals surface area (Å²) in [7, 11) is 1.49. The molecule has 1 aliphatic heterocycles. The molecular weight excluding hydrogens is 650 g/mol. The second-order valence-electron chi connectivity index (χ2n) is 12.3. The second kappa shape index (κ2) is 18.8. The number of methoxy groups -OCH3 is 1. The molecule has 0 bridgehead atoms. The van der Waals surface area contributed by atoms with Gasteiger partial charge in [-0.2, -0.15) is 0 Å². The minimum atomic E-state index is -1.55. The zero-order chi connectivity index (χ0) is 36.8. The molecule has 2 aromatic carbocycles. The Kier molecular flexibility index (Phi) is 14.5. The molecule has 1 fully saturated rings. The third-order valence-corrected chi connectivity index (χ3v) is 7.75. The number of nitrogens with two attached hydrogens (primary N) is 1. The summed E-state index contributed by atoms with van der Waals surface area (Å²) >= 11 is 0. The monoisotopic (exact) mass is 695 g/mol. The molecule has 1 unspecified atom stereocenters. The number of nitrogens with zero attached hydrogens (tertiary/aromatic N) is 1. The van der Waals surface area contributed by atoms with Crippen molar-refractivity contribution in [1.29, 1.82) is 0 Å². The number of hydrogen-bond acceptors (Lipinski definition) is 8. The number of hydrogen-bond donors (Lipinski definition) is 7. The number of nitrogens with one attached hydrogen (secondary N) is 5. The van der Waals surface area contributed by atoms with Crippen molar-refractivity contribution in [3.8, 4) is 5.75 Å². The molecule has 16 nitrogen and oxygen atoms in total. The predicted octanol–water partition coefficient (Wildman–Crippen LogP) is 1.35. The first-order valence-corrected chi connectivity index (χ1v) is 16.2. The van der Waals surface area contributed by atoms with Crippen LogP contribution in [-0.2, 0) is 35.2 Å². The number of urea groups is 1. The minimum absolute atomic E-state index is 0.0648. The highest BCUT2D eigenvalue weighted by Crippen LogP contribution is 2.23. The number of likely N-dealkylation sites (tertiary alicyclic amines) is 1. The van der Waals surface area contributed by atoms with Crippen LogP contribution in [0.3, 0.4) is 0 Å². The van der Waals surface area contributed by atoms with Crippen molar-refractivity contribution in [2.75, 3.05) is 30.8 Å². The number of carbonyl (C=O) groups is 7. The van der Waals surface area contributed by atoms with Crippen LogP contribution in [0, 0.1) is 5.92 Å². The zero-order valence-corrected chi connectivity index (χ0v) is 28.3. The molecule has 50 heavy (non-hydrogen) atoms. The number of amides is 7. The summed E-state index contributed by atoms with van der Waals surface area (Å²) in [6, 6.07) is 9.26. The standard InChI is InChI=1S/C34H45N7O9/c1-20(2)16-25(31(46)39-26(18-30(44)45)32(47)38-24-9-6-7-15-41(33(24)48)19-28(35)42)37-29(43)17-21-11-13-22(14-12-21)36-34(49)40-23-8-4-5-10-27(23)50-3/h4-5,8,10-14,20,24-26H,6-7,9,15-19H2,1-3H3,(H2,35,42)(H,37,43)(H,38,47)(H,39,46)(H,44,45)(H2,36,40,49)/t24?,25-,26-/m0/s1. The third kappa shape index (κ3) is 12.4. The Hall–Kier alpha value is -5.67. The minimum Gasteiger partial charge on any atom is -0.495 e. The smallest absolute Gasteiger partial charge is 0.323 e. The summed E-state index contributed by atoms with van der Waals surface area (Å²) in [6.07, 6.45) is 0.700. The van der Waals surface area contributed by atoms with Crippen molar-refractivity contribution in [3.05, 3.63) is 54.1 Å². The number of carbonyl (C=O) groups excluding carboxylic acids is 6. The van der Waals surface area contributed by atoms with Gasteiger partial charge in [0.25, 0.3) is 0 Å². The van der Waals surface area contributed by atoms with E-state index in [1.165, 1.54) is 12.0 Å². The second-order valence-corrected chi connectivity index (χ2v) is 12.3. The number of benzene rings is 2. The lowest BCUT2D eigenvalue weighted by Gasteiger charge is -2.26. The molecule has 16 heteroatoms. The first-order valence-electron chi connectivity index (χ1n) is 16.2. The molecule has 0 radical (unpaired) electrons.